The molecule has 3 aromatic rings. The van der Waals surface area contributed by atoms with E-state index in [-0.39, 0.29) is 11.6 Å². The van der Waals surface area contributed by atoms with E-state index in [1.165, 1.54) is 16.8 Å². The molecule has 2 aromatic heterocycles. The van der Waals surface area contributed by atoms with Crippen molar-refractivity contribution in [2.45, 2.75) is 37.5 Å². The van der Waals surface area contributed by atoms with Crippen molar-refractivity contribution < 1.29 is 13.2 Å². The van der Waals surface area contributed by atoms with E-state index in [1.54, 1.807) is 30.8 Å². The summed E-state index contributed by atoms with van der Waals surface area (Å²) in [6, 6.07) is 5.43. The van der Waals surface area contributed by atoms with Crippen LogP contribution < -0.4 is 11.3 Å². The maximum Gasteiger partial charge on any atom is 0.417 e. The lowest BCUT2D eigenvalue weighted by atomic mass is 9.87. The molecule has 1 aromatic carbocycles. The van der Waals surface area contributed by atoms with Gasteiger partial charge in [-0.05, 0) is 43.5 Å². The summed E-state index contributed by atoms with van der Waals surface area (Å²) in [5.74, 6) is 0. The van der Waals surface area contributed by atoms with Gasteiger partial charge in [-0.15, -0.1) is 0 Å². The minimum absolute atomic E-state index is 0.192. The van der Waals surface area contributed by atoms with Crippen LogP contribution in [0.1, 0.15) is 42.6 Å². The lowest BCUT2D eigenvalue weighted by Gasteiger charge is -2.27. The largest absolute Gasteiger partial charge is 0.417 e. The molecule has 0 saturated heterocycles. The molecule has 1 saturated carbocycles. The van der Waals surface area contributed by atoms with Gasteiger partial charge in [0.05, 0.1) is 21.8 Å². The van der Waals surface area contributed by atoms with E-state index in [4.69, 9.17) is 17.3 Å². The Kier molecular flexibility index (Phi) is 4.13. The van der Waals surface area contributed by atoms with Crippen molar-refractivity contribution in [2.24, 2.45) is 12.8 Å². The van der Waals surface area contributed by atoms with E-state index in [0.717, 1.165) is 18.9 Å². The Morgan fingerprint density at radius 3 is 2.50 bits per heavy atom. The lowest BCUT2D eigenvalue weighted by Crippen LogP contribution is -2.36. The summed E-state index contributed by atoms with van der Waals surface area (Å²) >= 11 is 5.88. The zero-order valence-electron chi connectivity index (χ0n) is 15.2. The predicted octanol–water partition coefficient (Wildman–Crippen LogP) is 3.96. The van der Waals surface area contributed by atoms with Crippen LogP contribution >= 0.6 is 11.6 Å². The molecule has 0 aliphatic heterocycles. The second-order valence-corrected chi connectivity index (χ2v) is 7.80. The van der Waals surface area contributed by atoms with Gasteiger partial charge in [0.2, 0.25) is 0 Å². The molecule has 2 heterocycles. The van der Waals surface area contributed by atoms with Crippen LogP contribution in [-0.2, 0) is 18.8 Å². The van der Waals surface area contributed by atoms with Crippen LogP contribution in [-0.4, -0.2) is 14.3 Å². The average Bonchev–Trinajstić information content (AvgIpc) is 3.36. The first-order valence-electron chi connectivity index (χ1n) is 8.76. The quantitative estimate of drug-likeness (QED) is 0.710. The summed E-state index contributed by atoms with van der Waals surface area (Å²) in [6.45, 7) is 1.66. The molecular weight excluding hydrogens is 393 g/mol. The summed E-state index contributed by atoms with van der Waals surface area (Å²) in [6.07, 6.45) is -0.898. The Balaban J connectivity index is 1.87. The summed E-state index contributed by atoms with van der Waals surface area (Å²) in [7, 11) is 1.66. The number of benzene rings is 1. The number of halogens is 4. The maximum atomic E-state index is 13.0. The number of nitrogens with zero attached hydrogens (tertiary/aromatic N) is 3. The predicted molar refractivity (Wildman–Crippen MR) is 100 cm³/mol. The van der Waals surface area contributed by atoms with Crippen molar-refractivity contribution in [3.8, 4) is 0 Å². The summed E-state index contributed by atoms with van der Waals surface area (Å²) in [5, 5.41) is 4.49. The molecule has 0 amide bonds. The highest BCUT2D eigenvalue weighted by atomic mass is 35.5. The van der Waals surface area contributed by atoms with Crippen LogP contribution in [0.5, 0.6) is 0 Å². The molecule has 9 heteroatoms. The van der Waals surface area contributed by atoms with Crippen LogP contribution in [0, 0.1) is 0 Å². The van der Waals surface area contributed by atoms with Crippen LogP contribution in [0.2, 0.25) is 5.02 Å². The Hall–Kier alpha value is -2.32. The Bertz CT molecular complexity index is 1140. The van der Waals surface area contributed by atoms with E-state index < -0.39 is 22.3 Å². The van der Waals surface area contributed by atoms with E-state index >= 15 is 0 Å². The van der Waals surface area contributed by atoms with Gasteiger partial charge in [0, 0.05) is 24.7 Å². The molecular formula is C19H18ClF3N4O. The highest BCUT2D eigenvalue weighted by Crippen LogP contribution is 2.39. The maximum absolute atomic E-state index is 13.0. The normalized spacial score (nSPS) is 17.1. The van der Waals surface area contributed by atoms with Crippen molar-refractivity contribution in [1.82, 2.24) is 14.3 Å². The number of hydrogen-bond donors (Lipinski definition) is 1. The first-order chi connectivity index (χ1) is 13.0. The number of alkyl halides is 3. The van der Waals surface area contributed by atoms with Crippen LogP contribution in [0.3, 0.4) is 0 Å². The van der Waals surface area contributed by atoms with Gasteiger partial charge in [-0.1, -0.05) is 17.7 Å². The van der Waals surface area contributed by atoms with Crippen molar-refractivity contribution in [3.05, 3.63) is 62.7 Å². The van der Waals surface area contributed by atoms with E-state index in [2.05, 4.69) is 5.10 Å². The molecule has 1 atom stereocenters. The first-order valence-corrected chi connectivity index (χ1v) is 9.14. The molecule has 1 unspecified atom stereocenters. The van der Waals surface area contributed by atoms with Gasteiger partial charge in [-0.3, -0.25) is 9.48 Å². The number of rotatable bonds is 3. The van der Waals surface area contributed by atoms with Crippen molar-refractivity contribution in [2.75, 3.05) is 0 Å². The van der Waals surface area contributed by atoms with Gasteiger partial charge in [-0.2, -0.15) is 18.3 Å². The van der Waals surface area contributed by atoms with Gasteiger partial charge >= 0.3 is 6.18 Å². The van der Waals surface area contributed by atoms with Gasteiger partial charge in [-0.25, -0.2) is 0 Å². The van der Waals surface area contributed by atoms with Crippen molar-refractivity contribution in [3.63, 3.8) is 0 Å². The molecule has 2 N–H and O–H groups in total. The topological polar surface area (TPSA) is 65.8 Å². The highest BCUT2D eigenvalue weighted by Gasteiger charge is 2.36. The van der Waals surface area contributed by atoms with E-state index in [1.807, 2.05) is 0 Å². The summed E-state index contributed by atoms with van der Waals surface area (Å²) < 4.78 is 42.2. The highest BCUT2D eigenvalue weighted by molar-refractivity contribution is 6.31. The Morgan fingerprint density at radius 1 is 1.25 bits per heavy atom. The number of hydrogen-bond acceptors (Lipinski definition) is 3. The Labute approximate surface area is 163 Å². The minimum Gasteiger partial charge on any atom is -0.317 e. The van der Waals surface area contributed by atoms with Gasteiger partial charge in [0.15, 0.2) is 5.52 Å². The standard InChI is InChI=1S/C19H18ClF3N4O/c1-18(24,10-3-6-13(14(20)9-10)19(21,22)23)16-12-7-8-27(11-4-5-11)17(28)15(12)25-26(16)2/h3,6-9,11H,4-5,24H2,1-2H3. The van der Waals surface area contributed by atoms with Crippen LogP contribution in [0.15, 0.2) is 35.3 Å². The molecule has 1 aliphatic rings. The van der Waals surface area contributed by atoms with E-state index in [0.29, 0.717) is 22.2 Å². The third-order valence-corrected chi connectivity index (χ3v) is 5.54. The SMILES string of the molecule is Cn1nc2c(=O)n(C3CC3)ccc2c1C(C)(N)c1ccc(C(F)(F)F)c(Cl)c1. The second-order valence-electron chi connectivity index (χ2n) is 7.39. The van der Waals surface area contributed by atoms with Gasteiger partial charge in [0.1, 0.15) is 0 Å². The Morgan fingerprint density at radius 2 is 1.93 bits per heavy atom. The fourth-order valence-corrected chi connectivity index (χ4v) is 3.95. The molecule has 148 valence electrons. The fraction of sp³-hybridized carbons (Fsp3) is 0.368. The number of aryl methyl sites for hydroxylation is 1. The number of pyridine rings is 1. The molecule has 0 bridgehead atoms. The zero-order valence-corrected chi connectivity index (χ0v) is 16.0. The van der Waals surface area contributed by atoms with Crippen LogP contribution in [0.4, 0.5) is 13.2 Å². The molecule has 1 aliphatic carbocycles. The summed E-state index contributed by atoms with van der Waals surface area (Å²) in [4.78, 5) is 12.7. The number of nitrogens with two attached hydrogens (primary N) is 1. The average molecular weight is 411 g/mol. The van der Waals surface area contributed by atoms with Crippen LogP contribution in [0.25, 0.3) is 10.9 Å². The van der Waals surface area contributed by atoms with Crippen molar-refractivity contribution >= 4 is 22.5 Å². The molecule has 0 radical (unpaired) electrons. The second kappa shape index (κ2) is 6.09. The smallest absolute Gasteiger partial charge is 0.317 e. The fourth-order valence-electron chi connectivity index (χ4n) is 3.66. The molecule has 28 heavy (non-hydrogen) atoms. The van der Waals surface area contributed by atoms with Gasteiger partial charge in [0.25, 0.3) is 5.56 Å². The molecule has 5 nitrogen and oxygen atoms in total. The summed E-state index contributed by atoms with van der Waals surface area (Å²) in [5.41, 5.74) is 5.43. The minimum atomic E-state index is -4.55. The zero-order chi connectivity index (χ0) is 20.4. The third kappa shape index (κ3) is 2.91. The van der Waals surface area contributed by atoms with E-state index in [9.17, 15) is 18.0 Å². The molecule has 0 spiro atoms. The molecule has 4 rings (SSSR count). The van der Waals surface area contributed by atoms with Crippen molar-refractivity contribution in [1.29, 1.82) is 0 Å². The molecule has 1 fully saturated rings. The first kappa shape index (κ1) is 19.0. The van der Waals surface area contributed by atoms with Gasteiger partial charge < -0.3 is 10.3 Å². The third-order valence-electron chi connectivity index (χ3n) is 5.23. The number of aromatic nitrogens is 3. The lowest BCUT2D eigenvalue weighted by molar-refractivity contribution is -0.137. The number of fused-ring (bicyclic) bond motifs is 1. The monoisotopic (exact) mass is 410 g/mol.